The molecule has 2 heterocycles. The molecule has 0 atom stereocenters. The van der Waals surface area contributed by atoms with Gasteiger partial charge in [0.25, 0.3) is 9.05 Å². The lowest BCUT2D eigenvalue weighted by Crippen LogP contribution is -2.17. The van der Waals surface area contributed by atoms with E-state index in [4.69, 9.17) is 15.4 Å². The number of nitrogens with zero attached hydrogens (tertiary/aromatic N) is 2. The number of rotatable bonds is 1. The molecule has 1 aromatic heterocycles. The first-order chi connectivity index (χ1) is 6.50. The van der Waals surface area contributed by atoms with Gasteiger partial charge in [-0.3, -0.25) is 0 Å². The van der Waals surface area contributed by atoms with Crippen LogP contribution >= 0.6 is 10.7 Å². The van der Waals surface area contributed by atoms with Gasteiger partial charge < -0.3 is 9.30 Å². The van der Waals surface area contributed by atoms with Gasteiger partial charge in [-0.2, -0.15) is 0 Å². The second-order valence-corrected chi connectivity index (χ2v) is 5.54. The molecule has 0 amide bonds. The number of halogens is 1. The summed E-state index contributed by atoms with van der Waals surface area (Å²) in [4.78, 5) is 3.94. The minimum absolute atomic E-state index is 0.0559. The maximum Gasteiger partial charge on any atom is 0.280 e. The zero-order chi connectivity index (χ0) is 10.3. The number of hydrogen-bond donors (Lipinski definition) is 0. The zero-order valence-electron chi connectivity index (χ0n) is 7.53. The van der Waals surface area contributed by atoms with E-state index < -0.39 is 9.05 Å². The largest absolute Gasteiger partial charge is 0.372 e. The third kappa shape index (κ3) is 1.53. The van der Waals surface area contributed by atoms with Gasteiger partial charge in [-0.25, -0.2) is 13.4 Å². The van der Waals surface area contributed by atoms with Crippen LogP contribution in [-0.4, -0.2) is 24.6 Å². The van der Waals surface area contributed by atoms with Gasteiger partial charge in [0.15, 0.2) is 5.03 Å². The summed E-state index contributed by atoms with van der Waals surface area (Å²) < 4.78 is 29.2. The number of ether oxygens (including phenoxy) is 1. The third-order valence-electron chi connectivity index (χ3n) is 2.18. The number of hydrogen-bond acceptors (Lipinski definition) is 4. The van der Waals surface area contributed by atoms with Crippen LogP contribution in [-0.2, 0) is 26.9 Å². The summed E-state index contributed by atoms with van der Waals surface area (Å²) in [6, 6.07) is 0. The summed E-state index contributed by atoms with van der Waals surface area (Å²) in [7, 11) is 1.50. The van der Waals surface area contributed by atoms with Crippen molar-refractivity contribution in [1.82, 2.24) is 9.55 Å². The summed E-state index contributed by atoms with van der Waals surface area (Å²) in [5.74, 6) is 0.618. The van der Waals surface area contributed by atoms with E-state index in [9.17, 15) is 8.42 Å². The van der Waals surface area contributed by atoms with E-state index in [-0.39, 0.29) is 5.03 Å². The molecule has 0 saturated heterocycles. The van der Waals surface area contributed by atoms with Crippen LogP contribution in [0.15, 0.2) is 5.03 Å². The van der Waals surface area contributed by atoms with Crippen LogP contribution in [0, 0.1) is 6.92 Å². The van der Waals surface area contributed by atoms with Gasteiger partial charge in [-0.15, -0.1) is 0 Å². The highest BCUT2D eigenvalue weighted by atomic mass is 35.7. The fourth-order valence-corrected chi connectivity index (χ4v) is 2.64. The molecule has 0 radical (unpaired) electrons. The first kappa shape index (κ1) is 9.95. The highest BCUT2D eigenvalue weighted by Gasteiger charge is 2.24. The fourth-order valence-electron chi connectivity index (χ4n) is 1.52. The van der Waals surface area contributed by atoms with Gasteiger partial charge in [0, 0.05) is 17.2 Å². The molecule has 0 N–H and O–H groups in total. The van der Waals surface area contributed by atoms with Gasteiger partial charge in [0.1, 0.15) is 12.4 Å². The smallest absolute Gasteiger partial charge is 0.280 e. The van der Waals surface area contributed by atoms with Gasteiger partial charge in [0.2, 0.25) is 0 Å². The maximum atomic E-state index is 11.1. The number of imidazole rings is 1. The van der Waals surface area contributed by atoms with Crippen molar-refractivity contribution < 1.29 is 13.2 Å². The van der Waals surface area contributed by atoms with Crippen molar-refractivity contribution in [3.05, 3.63) is 11.5 Å². The van der Waals surface area contributed by atoms with Gasteiger partial charge in [0.05, 0.1) is 12.3 Å². The lowest BCUT2D eigenvalue weighted by Gasteiger charge is -2.15. The lowest BCUT2D eigenvalue weighted by atomic mass is 10.4. The Kier molecular flexibility index (Phi) is 2.29. The second kappa shape index (κ2) is 3.22. The Labute approximate surface area is 86.1 Å². The molecule has 7 heteroatoms. The van der Waals surface area contributed by atoms with Gasteiger partial charge in [-0.05, 0) is 6.92 Å². The number of fused-ring (bicyclic) bond motifs is 1. The van der Waals surface area contributed by atoms with E-state index >= 15 is 0 Å². The molecule has 2 rings (SSSR count). The Morgan fingerprint density at radius 1 is 1.57 bits per heavy atom. The molecular formula is C7H9ClN2O3S. The SMILES string of the molecule is Cc1c(S(=O)(=O)Cl)nc2n1CCOC2. The Balaban J connectivity index is 2.60. The van der Waals surface area contributed by atoms with E-state index in [0.29, 0.717) is 31.3 Å². The lowest BCUT2D eigenvalue weighted by molar-refractivity contribution is 0.0809. The zero-order valence-corrected chi connectivity index (χ0v) is 9.10. The highest BCUT2D eigenvalue weighted by Crippen LogP contribution is 2.22. The van der Waals surface area contributed by atoms with Crippen LogP contribution < -0.4 is 0 Å². The fraction of sp³-hybridized carbons (Fsp3) is 0.571. The monoisotopic (exact) mass is 236 g/mol. The molecule has 0 saturated carbocycles. The molecule has 0 spiro atoms. The Morgan fingerprint density at radius 3 is 2.86 bits per heavy atom. The summed E-state index contributed by atoms with van der Waals surface area (Å²) >= 11 is 0. The third-order valence-corrected chi connectivity index (χ3v) is 3.46. The predicted molar refractivity (Wildman–Crippen MR) is 49.7 cm³/mol. The topological polar surface area (TPSA) is 61.2 Å². The Bertz CT molecular complexity index is 466. The predicted octanol–water partition coefficient (Wildman–Crippen LogP) is 0.649. The molecule has 0 fully saturated rings. The van der Waals surface area contributed by atoms with Crippen LogP contribution in [0.4, 0.5) is 0 Å². The molecule has 0 aliphatic carbocycles. The van der Waals surface area contributed by atoms with Crippen LogP contribution in [0.1, 0.15) is 11.5 Å². The minimum Gasteiger partial charge on any atom is -0.372 e. The molecule has 14 heavy (non-hydrogen) atoms. The Hall–Kier alpha value is -0.590. The van der Waals surface area contributed by atoms with Crippen LogP contribution in [0.25, 0.3) is 0 Å². The van der Waals surface area contributed by atoms with E-state index in [1.54, 1.807) is 6.92 Å². The standard InChI is InChI=1S/C7H9ClN2O3S/c1-5-7(14(8,11)12)9-6-4-13-3-2-10(5)6/h2-4H2,1H3. The van der Waals surface area contributed by atoms with Crippen molar-refractivity contribution in [2.24, 2.45) is 0 Å². The normalized spacial score (nSPS) is 16.7. The number of aromatic nitrogens is 2. The van der Waals surface area contributed by atoms with E-state index in [1.165, 1.54) is 0 Å². The molecule has 0 unspecified atom stereocenters. The molecule has 78 valence electrons. The van der Waals surface area contributed by atoms with Gasteiger partial charge in [-0.1, -0.05) is 0 Å². The molecule has 0 aromatic carbocycles. The van der Waals surface area contributed by atoms with Crippen molar-refractivity contribution in [2.45, 2.75) is 25.1 Å². The molecule has 1 aliphatic rings. The van der Waals surface area contributed by atoms with Crippen LogP contribution in [0.3, 0.4) is 0 Å². The molecule has 5 nitrogen and oxygen atoms in total. The van der Waals surface area contributed by atoms with E-state index in [0.717, 1.165) is 0 Å². The maximum absolute atomic E-state index is 11.1. The first-order valence-electron chi connectivity index (χ1n) is 4.08. The van der Waals surface area contributed by atoms with Crippen molar-refractivity contribution >= 4 is 19.7 Å². The van der Waals surface area contributed by atoms with Crippen molar-refractivity contribution in [3.8, 4) is 0 Å². The molecule has 0 bridgehead atoms. The summed E-state index contributed by atoms with van der Waals surface area (Å²) in [6.07, 6.45) is 0. The van der Waals surface area contributed by atoms with Crippen molar-refractivity contribution in [1.29, 1.82) is 0 Å². The highest BCUT2D eigenvalue weighted by molar-refractivity contribution is 8.13. The van der Waals surface area contributed by atoms with E-state index in [2.05, 4.69) is 4.98 Å². The first-order valence-corrected chi connectivity index (χ1v) is 6.39. The van der Waals surface area contributed by atoms with Crippen LogP contribution in [0.5, 0.6) is 0 Å². The minimum atomic E-state index is -3.74. The average Bonchev–Trinajstić information content (AvgIpc) is 2.44. The summed E-state index contributed by atoms with van der Waals surface area (Å²) in [5.41, 5.74) is 0.582. The van der Waals surface area contributed by atoms with Crippen molar-refractivity contribution in [3.63, 3.8) is 0 Å². The summed E-state index contributed by atoms with van der Waals surface area (Å²) in [5, 5.41) is -0.0559. The van der Waals surface area contributed by atoms with E-state index in [1.807, 2.05) is 4.57 Å². The second-order valence-electron chi connectivity index (χ2n) is 3.06. The molecule has 1 aromatic rings. The molecule has 1 aliphatic heterocycles. The quantitative estimate of drug-likeness (QED) is 0.672. The van der Waals surface area contributed by atoms with Crippen LogP contribution in [0.2, 0.25) is 0 Å². The van der Waals surface area contributed by atoms with Gasteiger partial charge >= 0.3 is 0 Å². The molecular weight excluding hydrogens is 228 g/mol. The Morgan fingerprint density at radius 2 is 2.29 bits per heavy atom. The van der Waals surface area contributed by atoms with Crippen molar-refractivity contribution in [2.75, 3.05) is 6.61 Å². The summed E-state index contributed by atoms with van der Waals surface area (Å²) in [6.45, 7) is 3.23. The average molecular weight is 237 g/mol.